The first-order chi connectivity index (χ1) is 13.5. The Kier molecular flexibility index (Phi) is 3.86. The average Bonchev–Trinajstić information content (AvgIpc) is 2.91. The zero-order valence-corrected chi connectivity index (χ0v) is 16.2. The lowest BCUT2D eigenvalue weighted by Gasteiger charge is -2.43. The lowest BCUT2D eigenvalue weighted by atomic mass is 9.65. The maximum Gasteiger partial charge on any atom is 0.329 e. The van der Waals surface area contributed by atoms with Crippen LogP contribution in [0.5, 0.6) is 0 Å². The van der Waals surface area contributed by atoms with Crippen LogP contribution in [0.15, 0.2) is 54.9 Å². The fraction of sp³-hybridized carbons (Fsp3) is 0.190. The van der Waals surface area contributed by atoms with E-state index in [9.17, 15) is 9.59 Å². The topological polar surface area (TPSA) is 62.3 Å². The highest BCUT2D eigenvalue weighted by atomic mass is 35.5. The number of halogens is 2. The van der Waals surface area contributed by atoms with Crippen LogP contribution in [0.3, 0.4) is 0 Å². The summed E-state index contributed by atoms with van der Waals surface area (Å²) in [4.78, 5) is 31.4. The normalized spacial score (nSPS) is 23.9. The summed E-state index contributed by atoms with van der Waals surface area (Å²) in [6.45, 7) is 0. The van der Waals surface area contributed by atoms with E-state index in [1.165, 1.54) is 4.90 Å². The minimum absolute atomic E-state index is 0.0241. The quantitative estimate of drug-likeness (QED) is 0.609. The summed E-state index contributed by atoms with van der Waals surface area (Å²) in [5, 5.41) is 5.74. The van der Waals surface area contributed by atoms with Gasteiger partial charge < -0.3 is 5.32 Å². The van der Waals surface area contributed by atoms with Crippen molar-refractivity contribution in [1.29, 1.82) is 0 Å². The highest BCUT2D eigenvalue weighted by molar-refractivity contribution is 6.36. The van der Waals surface area contributed by atoms with Gasteiger partial charge in [0.05, 0.1) is 11.9 Å². The number of fused-ring (bicyclic) bond motifs is 1. The van der Waals surface area contributed by atoms with E-state index >= 15 is 0 Å². The number of carbonyl (C=O) groups excluding carboxylic acids is 2. The number of hydrogen-bond acceptors (Lipinski definition) is 3. The summed E-state index contributed by atoms with van der Waals surface area (Å²) in [5.41, 5.74) is 0.418. The van der Waals surface area contributed by atoms with Gasteiger partial charge in [0, 0.05) is 27.0 Å². The molecule has 1 saturated heterocycles. The standard InChI is InChI=1S/C21H15Cl2N3O2/c22-15-6-3-7-16(23)18(15)13-8-21(9-13)19(27)26(20(28)25-21)17-11-24-10-12-4-1-2-5-14(12)17/h1-7,10-11,13H,8-9H2,(H,25,28). The highest BCUT2D eigenvalue weighted by Gasteiger charge is 2.59. The molecular weight excluding hydrogens is 397 g/mol. The van der Waals surface area contributed by atoms with Crippen molar-refractivity contribution in [2.45, 2.75) is 24.3 Å². The van der Waals surface area contributed by atoms with E-state index in [0.717, 1.165) is 16.3 Å². The third-order valence-corrected chi connectivity index (χ3v) is 6.31. The summed E-state index contributed by atoms with van der Waals surface area (Å²) in [6.07, 6.45) is 4.21. The second-order valence-corrected chi connectivity index (χ2v) is 8.09. The average molecular weight is 412 g/mol. The van der Waals surface area contributed by atoms with E-state index in [4.69, 9.17) is 23.2 Å². The molecule has 5 rings (SSSR count). The fourth-order valence-corrected chi connectivity index (χ4v) is 4.99. The molecule has 0 unspecified atom stereocenters. The first-order valence-corrected chi connectivity index (χ1v) is 9.69. The van der Waals surface area contributed by atoms with Gasteiger partial charge in [-0.05, 0) is 36.5 Å². The number of carbonyl (C=O) groups is 2. The fourth-order valence-electron chi connectivity index (χ4n) is 4.28. The largest absolute Gasteiger partial charge is 0.329 e. The summed E-state index contributed by atoms with van der Waals surface area (Å²) < 4.78 is 0. The van der Waals surface area contributed by atoms with Crippen molar-refractivity contribution >= 4 is 51.6 Å². The SMILES string of the molecule is O=C1NC2(CC(c3c(Cl)cccc3Cl)C2)C(=O)N1c1cncc2ccccc12. The molecule has 2 fully saturated rings. The van der Waals surface area contributed by atoms with Crippen LogP contribution in [0.25, 0.3) is 10.8 Å². The second kappa shape index (κ2) is 6.19. The van der Waals surface area contributed by atoms with E-state index in [1.54, 1.807) is 30.6 Å². The molecule has 3 aromatic rings. The molecule has 1 spiro atoms. The summed E-state index contributed by atoms with van der Waals surface area (Å²) >= 11 is 12.6. The Labute approximate surface area is 171 Å². The zero-order valence-electron chi connectivity index (χ0n) is 14.7. The Bertz CT molecular complexity index is 1120. The predicted octanol–water partition coefficient (Wildman–Crippen LogP) is 4.91. The number of aromatic nitrogens is 1. The van der Waals surface area contributed by atoms with Gasteiger partial charge in [-0.2, -0.15) is 0 Å². The second-order valence-electron chi connectivity index (χ2n) is 7.27. The third kappa shape index (κ3) is 2.43. The molecule has 2 aromatic carbocycles. The molecular formula is C21H15Cl2N3O2. The van der Waals surface area contributed by atoms with E-state index in [2.05, 4.69) is 10.3 Å². The molecule has 1 N–H and O–H groups in total. The number of rotatable bonds is 2. The Hall–Kier alpha value is -2.63. The van der Waals surface area contributed by atoms with Crippen LogP contribution in [0, 0.1) is 0 Å². The molecule has 1 aliphatic carbocycles. The number of nitrogens with one attached hydrogen (secondary N) is 1. The number of hydrogen-bond donors (Lipinski definition) is 1. The van der Waals surface area contributed by atoms with Crippen LogP contribution in [-0.4, -0.2) is 22.5 Å². The van der Waals surface area contributed by atoms with Crippen LogP contribution in [-0.2, 0) is 4.79 Å². The van der Waals surface area contributed by atoms with E-state index in [0.29, 0.717) is 28.6 Å². The first-order valence-electron chi connectivity index (χ1n) is 8.93. The minimum Gasteiger partial charge on any atom is -0.323 e. The maximum absolute atomic E-state index is 13.3. The van der Waals surface area contributed by atoms with Crippen molar-refractivity contribution in [1.82, 2.24) is 10.3 Å². The summed E-state index contributed by atoms with van der Waals surface area (Å²) in [7, 11) is 0. The minimum atomic E-state index is -0.915. The number of pyridine rings is 1. The first kappa shape index (κ1) is 17.5. The van der Waals surface area contributed by atoms with Crippen molar-refractivity contribution in [3.8, 4) is 0 Å². The van der Waals surface area contributed by atoms with Crippen LogP contribution >= 0.6 is 23.2 Å². The Morgan fingerprint density at radius 3 is 2.46 bits per heavy atom. The molecule has 28 heavy (non-hydrogen) atoms. The lowest BCUT2D eigenvalue weighted by Crippen LogP contribution is -2.56. The van der Waals surface area contributed by atoms with Gasteiger partial charge >= 0.3 is 6.03 Å². The number of imide groups is 1. The highest BCUT2D eigenvalue weighted by Crippen LogP contribution is 2.51. The molecule has 7 heteroatoms. The van der Waals surface area contributed by atoms with Gasteiger partial charge in [-0.15, -0.1) is 0 Å². The Morgan fingerprint density at radius 1 is 1.00 bits per heavy atom. The number of anilines is 1. The van der Waals surface area contributed by atoms with Gasteiger partial charge in [-0.3, -0.25) is 9.78 Å². The number of urea groups is 1. The van der Waals surface area contributed by atoms with Crippen molar-refractivity contribution in [3.63, 3.8) is 0 Å². The van der Waals surface area contributed by atoms with Crippen LogP contribution < -0.4 is 10.2 Å². The predicted molar refractivity (Wildman–Crippen MR) is 109 cm³/mol. The monoisotopic (exact) mass is 411 g/mol. The maximum atomic E-state index is 13.3. The molecule has 0 radical (unpaired) electrons. The zero-order chi connectivity index (χ0) is 19.5. The van der Waals surface area contributed by atoms with E-state index in [-0.39, 0.29) is 11.8 Å². The lowest BCUT2D eigenvalue weighted by molar-refractivity contribution is -0.125. The smallest absolute Gasteiger partial charge is 0.323 e. The molecule has 140 valence electrons. The molecule has 1 aliphatic heterocycles. The van der Waals surface area contributed by atoms with Crippen LogP contribution in [0.1, 0.15) is 24.3 Å². The number of nitrogens with zero attached hydrogens (tertiary/aromatic N) is 2. The van der Waals surface area contributed by atoms with Gasteiger partial charge in [0.1, 0.15) is 5.54 Å². The molecule has 5 nitrogen and oxygen atoms in total. The van der Waals surface area contributed by atoms with Gasteiger partial charge in [0.2, 0.25) is 0 Å². The van der Waals surface area contributed by atoms with Crippen molar-refractivity contribution in [2.75, 3.05) is 4.90 Å². The molecule has 3 amide bonds. The van der Waals surface area contributed by atoms with E-state index < -0.39 is 11.6 Å². The Morgan fingerprint density at radius 2 is 1.71 bits per heavy atom. The molecule has 0 bridgehead atoms. The Balaban J connectivity index is 1.48. The molecule has 0 atom stereocenters. The van der Waals surface area contributed by atoms with Gasteiger partial charge in [-0.1, -0.05) is 53.5 Å². The van der Waals surface area contributed by atoms with Gasteiger partial charge in [0.15, 0.2) is 0 Å². The molecule has 2 heterocycles. The summed E-state index contributed by atoms with van der Waals surface area (Å²) in [5.74, 6) is -0.230. The summed E-state index contributed by atoms with van der Waals surface area (Å²) in [6, 6.07) is 12.5. The van der Waals surface area contributed by atoms with Gasteiger partial charge in [-0.25, -0.2) is 9.69 Å². The molecule has 1 saturated carbocycles. The van der Waals surface area contributed by atoms with Crippen LogP contribution in [0.2, 0.25) is 10.0 Å². The van der Waals surface area contributed by atoms with Crippen molar-refractivity contribution in [2.24, 2.45) is 0 Å². The van der Waals surface area contributed by atoms with Crippen LogP contribution in [0.4, 0.5) is 10.5 Å². The number of amides is 3. The van der Waals surface area contributed by atoms with Crippen molar-refractivity contribution in [3.05, 3.63) is 70.5 Å². The van der Waals surface area contributed by atoms with Gasteiger partial charge in [0.25, 0.3) is 5.91 Å². The molecule has 2 aliphatic rings. The molecule has 1 aromatic heterocycles. The van der Waals surface area contributed by atoms with E-state index in [1.807, 2.05) is 24.3 Å². The number of benzene rings is 2. The third-order valence-electron chi connectivity index (χ3n) is 5.65. The van der Waals surface area contributed by atoms with Crippen molar-refractivity contribution < 1.29 is 9.59 Å².